The molecule has 1 N–H and O–H groups in total. The lowest BCUT2D eigenvalue weighted by molar-refractivity contribution is 0.384. The van der Waals surface area contributed by atoms with Gasteiger partial charge >= 0.3 is 0 Å². The lowest BCUT2D eigenvalue weighted by Crippen LogP contribution is -2.33. The van der Waals surface area contributed by atoms with Gasteiger partial charge in [-0.25, -0.2) is 0 Å². The Hall–Kier alpha value is -1.68. The van der Waals surface area contributed by atoms with Crippen molar-refractivity contribution in [1.29, 1.82) is 0 Å². The van der Waals surface area contributed by atoms with E-state index in [0.29, 0.717) is 6.04 Å². The molecule has 0 spiro atoms. The number of nitrogens with one attached hydrogen (secondary N) is 1. The highest BCUT2D eigenvalue weighted by Crippen LogP contribution is 2.28. The molecule has 2 aromatic rings. The number of benzene rings is 1. The zero-order valence-electron chi connectivity index (χ0n) is 12.8. The molecule has 1 unspecified atom stereocenters. The van der Waals surface area contributed by atoms with Crippen molar-refractivity contribution in [3.8, 4) is 0 Å². The fourth-order valence-corrected chi connectivity index (χ4v) is 2.58. The summed E-state index contributed by atoms with van der Waals surface area (Å²) in [4.78, 5) is 0. The predicted octanol–water partition coefficient (Wildman–Crippen LogP) is 2.66. The van der Waals surface area contributed by atoms with E-state index >= 15 is 0 Å². The first-order valence-corrected chi connectivity index (χ1v) is 7.11. The van der Waals surface area contributed by atoms with Crippen LogP contribution in [0.5, 0.6) is 0 Å². The Morgan fingerprint density at radius 2 is 1.95 bits per heavy atom. The summed E-state index contributed by atoms with van der Waals surface area (Å²) in [5.74, 6) is 0.967. The number of nitrogens with zero attached hydrogens (tertiary/aromatic N) is 3. The van der Waals surface area contributed by atoms with Crippen LogP contribution in [0, 0.1) is 0 Å². The second kappa shape index (κ2) is 6.18. The Morgan fingerprint density at radius 3 is 2.55 bits per heavy atom. The van der Waals surface area contributed by atoms with E-state index in [4.69, 9.17) is 0 Å². The van der Waals surface area contributed by atoms with E-state index < -0.39 is 0 Å². The van der Waals surface area contributed by atoms with E-state index in [1.54, 1.807) is 6.33 Å². The highest BCUT2D eigenvalue weighted by Gasteiger charge is 2.23. The third-order valence-corrected chi connectivity index (χ3v) is 3.79. The minimum atomic E-state index is 0.160. The summed E-state index contributed by atoms with van der Waals surface area (Å²) in [6, 6.07) is 11.1. The zero-order chi connectivity index (χ0) is 14.6. The van der Waals surface area contributed by atoms with Crippen molar-refractivity contribution in [1.82, 2.24) is 20.1 Å². The molecular formula is C16H24N4. The van der Waals surface area contributed by atoms with Crippen LogP contribution in [-0.4, -0.2) is 20.8 Å². The maximum Gasteiger partial charge on any atom is 0.146 e. The Morgan fingerprint density at radius 1 is 1.25 bits per heavy atom. The molecule has 20 heavy (non-hydrogen) atoms. The van der Waals surface area contributed by atoms with Gasteiger partial charge in [-0.15, -0.1) is 10.2 Å². The van der Waals surface area contributed by atoms with Crippen LogP contribution in [0.3, 0.4) is 0 Å². The highest BCUT2D eigenvalue weighted by atomic mass is 15.3. The second-order valence-electron chi connectivity index (χ2n) is 6.09. The quantitative estimate of drug-likeness (QED) is 0.879. The van der Waals surface area contributed by atoms with Crippen molar-refractivity contribution in [3.63, 3.8) is 0 Å². The standard InChI is InChI=1S/C16H24N4/c1-13(17-11-15-19-18-12-20(15)4)10-16(2,3)14-8-6-5-7-9-14/h5-9,12-13,17H,10-11H2,1-4H3. The fraction of sp³-hybridized carbons (Fsp3) is 0.500. The molecule has 4 nitrogen and oxygen atoms in total. The molecule has 0 aliphatic carbocycles. The molecule has 108 valence electrons. The Balaban J connectivity index is 1.91. The van der Waals surface area contributed by atoms with Crippen LogP contribution in [0.25, 0.3) is 0 Å². The zero-order valence-corrected chi connectivity index (χ0v) is 12.8. The lowest BCUT2D eigenvalue weighted by Gasteiger charge is -2.29. The van der Waals surface area contributed by atoms with Crippen LogP contribution in [0.15, 0.2) is 36.7 Å². The van der Waals surface area contributed by atoms with Gasteiger partial charge in [-0.1, -0.05) is 44.2 Å². The van der Waals surface area contributed by atoms with E-state index in [1.165, 1.54) is 5.56 Å². The van der Waals surface area contributed by atoms with E-state index in [1.807, 2.05) is 11.6 Å². The van der Waals surface area contributed by atoms with Crippen molar-refractivity contribution in [2.45, 2.75) is 45.2 Å². The predicted molar refractivity (Wildman–Crippen MR) is 81.4 cm³/mol. The van der Waals surface area contributed by atoms with Crippen LogP contribution >= 0.6 is 0 Å². The van der Waals surface area contributed by atoms with Crippen molar-refractivity contribution in [2.24, 2.45) is 7.05 Å². The third kappa shape index (κ3) is 3.67. The molecule has 0 amide bonds. The van der Waals surface area contributed by atoms with Gasteiger partial charge in [0.05, 0.1) is 6.54 Å². The molecule has 0 bridgehead atoms. The van der Waals surface area contributed by atoms with Gasteiger partial charge in [0, 0.05) is 13.1 Å². The third-order valence-electron chi connectivity index (χ3n) is 3.79. The average Bonchev–Trinajstić information content (AvgIpc) is 2.82. The molecule has 0 aliphatic heterocycles. The summed E-state index contributed by atoms with van der Waals surface area (Å²) in [6.07, 6.45) is 2.81. The Kier molecular flexibility index (Phi) is 4.55. The van der Waals surface area contributed by atoms with Crippen molar-refractivity contribution in [2.75, 3.05) is 0 Å². The maximum absolute atomic E-state index is 4.09. The molecule has 0 saturated carbocycles. The number of aryl methyl sites for hydroxylation is 1. The number of hydrogen-bond acceptors (Lipinski definition) is 3. The number of hydrogen-bond donors (Lipinski definition) is 1. The Bertz CT molecular complexity index is 530. The molecule has 1 aromatic carbocycles. The Labute approximate surface area is 121 Å². The van der Waals surface area contributed by atoms with E-state index in [2.05, 4.69) is 66.6 Å². The maximum atomic E-state index is 4.09. The smallest absolute Gasteiger partial charge is 0.146 e. The largest absolute Gasteiger partial charge is 0.320 e. The summed E-state index contributed by atoms with van der Waals surface area (Å²) in [5.41, 5.74) is 1.54. The first kappa shape index (κ1) is 14.7. The second-order valence-corrected chi connectivity index (χ2v) is 6.09. The van der Waals surface area contributed by atoms with Gasteiger partial charge in [-0.3, -0.25) is 0 Å². The van der Waals surface area contributed by atoms with Gasteiger partial charge < -0.3 is 9.88 Å². The molecule has 4 heteroatoms. The summed E-state index contributed by atoms with van der Waals surface area (Å²) in [7, 11) is 1.97. The molecule has 0 radical (unpaired) electrons. The average molecular weight is 272 g/mol. The van der Waals surface area contributed by atoms with Gasteiger partial charge in [-0.05, 0) is 24.3 Å². The highest BCUT2D eigenvalue weighted by molar-refractivity contribution is 5.23. The first-order valence-electron chi connectivity index (χ1n) is 7.11. The van der Waals surface area contributed by atoms with Crippen molar-refractivity contribution >= 4 is 0 Å². The molecular weight excluding hydrogens is 248 g/mol. The normalized spacial score (nSPS) is 13.4. The molecule has 1 heterocycles. The molecule has 0 fully saturated rings. The number of aromatic nitrogens is 3. The SMILES string of the molecule is CC(CC(C)(C)c1ccccc1)NCc1nncn1C. The van der Waals surface area contributed by atoms with Crippen LogP contribution in [0.4, 0.5) is 0 Å². The molecule has 0 saturated heterocycles. The molecule has 1 atom stereocenters. The minimum absolute atomic E-state index is 0.160. The summed E-state index contributed by atoms with van der Waals surface area (Å²) in [6.45, 7) is 7.56. The van der Waals surface area contributed by atoms with Crippen molar-refractivity contribution in [3.05, 3.63) is 48.0 Å². The van der Waals surface area contributed by atoms with E-state index in [0.717, 1.165) is 18.8 Å². The molecule has 2 rings (SSSR count). The summed E-state index contributed by atoms with van der Waals surface area (Å²) < 4.78 is 1.95. The lowest BCUT2D eigenvalue weighted by atomic mass is 9.79. The van der Waals surface area contributed by atoms with Crippen LogP contribution < -0.4 is 5.32 Å². The van der Waals surface area contributed by atoms with Gasteiger partial charge in [-0.2, -0.15) is 0 Å². The van der Waals surface area contributed by atoms with Crippen LogP contribution in [0.1, 0.15) is 38.6 Å². The van der Waals surface area contributed by atoms with E-state index in [9.17, 15) is 0 Å². The fourth-order valence-electron chi connectivity index (χ4n) is 2.58. The van der Waals surface area contributed by atoms with Gasteiger partial charge in [0.15, 0.2) is 0 Å². The van der Waals surface area contributed by atoms with E-state index in [-0.39, 0.29) is 5.41 Å². The van der Waals surface area contributed by atoms with Gasteiger partial charge in [0.1, 0.15) is 12.2 Å². The van der Waals surface area contributed by atoms with Crippen LogP contribution in [-0.2, 0) is 19.0 Å². The number of rotatable bonds is 6. The first-order chi connectivity index (χ1) is 9.49. The van der Waals surface area contributed by atoms with Crippen LogP contribution in [0.2, 0.25) is 0 Å². The van der Waals surface area contributed by atoms with Gasteiger partial charge in [0.2, 0.25) is 0 Å². The minimum Gasteiger partial charge on any atom is -0.320 e. The van der Waals surface area contributed by atoms with Gasteiger partial charge in [0.25, 0.3) is 0 Å². The van der Waals surface area contributed by atoms with Crippen molar-refractivity contribution < 1.29 is 0 Å². The summed E-state index contributed by atoms with van der Waals surface area (Å²) >= 11 is 0. The molecule has 0 aliphatic rings. The topological polar surface area (TPSA) is 42.7 Å². The molecule has 1 aromatic heterocycles. The monoisotopic (exact) mass is 272 g/mol. The summed E-state index contributed by atoms with van der Waals surface area (Å²) in [5, 5.41) is 11.5.